The molecule has 28 heavy (non-hydrogen) atoms. The van der Waals surface area contributed by atoms with Crippen LogP contribution in [0.1, 0.15) is 52.4 Å². The molecule has 0 aliphatic heterocycles. The van der Waals surface area contributed by atoms with E-state index in [9.17, 15) is 13.2 Å². The van der Waals surface area contributed by atoms with Gasteiger partial charge in [-0.15, -0.1) is 0 Å². The molecule has 1 amide bonds. The van der Waals surface area contributed by atoms with E-state index in [1.165, 1.54) is 62.8 Å². The quantitative estimate of drug-likeness (QED) is 0.730. The fourth-order valence-electron chi connectivity index (χ4n) is 6.17. The van der Waals surface area contributed by atoms with E-state index < -0.39 is 16.1 Å². The van der Waals surface area contributed by atoms with Gasteiger partial charge in [0.2, 0.25) is 15.9 Å². The van der Waals surface area contributed by atoms with Crippen molar-refractivity contribution in [3.05, 3.63) is 29.3 Å². The molecule has 5 rings (SSSR count). The fraction of sp³-hybridized carbons (Fsp3) is 0.667. The Morgan fingerprint density at radius 2 is 1.54 bits per heavy atom. The molecule has 0 radical (unpaired) electrons. The first-order valence-electron chi connectivity index (χ1n) is 10.3. The van der Waals surface area contributed by atoms with Crippen molar-refractivity contribution in [1.82, 2.24) is 10.0 Å². The second-order valence-corrected chi connectivity index (χ2v) is 11.5. The molecule has 2 atom stereocenters. The molecule has 1 aromatic rings. The molecule has 0 aromatic heterocycles. The summed E-state index contributed by atoms with van der Waals surface area (Å²) in [5.41, 5.74) is 0.194. The number of hydrogen-bond donors (Lipinski definition) is 2. The highest BCUT2D eigenvalue weighted by Crippen LogP contribution is 2.61. The van der Waals surface area contributed by atoms with E-state index in [-0.39, 0.29) is 22.3 Å². The molecule has 1 aromatic carbocycles. The maximum absolute atomic E-state index is 12.8. The van der Waals surface area contributed by atoms with Crippen LogP contribution in [0.2, 0.25) is 5.02 Å². The van der Waals surface area contributed by atoms with Crippen molar-refractivity contribution in [2.45, 2.75) is 69.4 Å². The Balaban J connectivity index is 1.40. The Morgan fingerprint density at radius 1 is 1.04 bits per heavy atom. The topological polar surface area (TPSA) is 75.3 Å². The van der Waals surface area contributed by atoms with Crippen LogP contribution in [-0.4, -0.2) is 26.4 Å². The Labute approximate surface area is 172 Å². The highest BCUT2D eigenvalue weighted by molar-refractivity contribution is 7.89. The van der Waals surface area contributed by atoms with Gasteiger partial charge in [0.15, 0.2) is 0 Å². The molecule has 0 saturated heterocycles. The summed E-state index contributed by atoms with van der Waals surface area (Å²) in [6.45, 7) is 3.70. The van der Waals surface area contributed by atoms with Crippen LogP contribution in [0.5, 0.6) is 0 Å². The molecule has 4 saturated carbocycles. The Morgan fingerprint density at radius 3 is 2.04 bits per heavy atom. The predicted octanol–water partition coefficient (Wildman–Crippen LogP) is 3.73. The van der Waals surface area contributed by atoms with E-state index in [1.54, 1.807) is 6.92 Å². The number of sulfonamides is 1. The lowest BCUT2D eigenvalue weighted by molar-refractivity contribution is -0.127. The highest BCUT2D eigenvalue weighted by atomic mass is 35.5. The van der Waals surface area contributed by atoms with Crippen LogP contribution in [0, 0.1) is 23.2 Å². The summed E-state index contributed by atoms with van der Waals surface area (Å²) in [6, 6.07) is 5.15. The number of rotatable bonds is 6. The molecule has 2 N–H and O–H groups in total. The van der Waals surface area contributed by atoms with Crippen LogP contribution < -0.4 is 10.0 Å². The summed E-state index contributed by atoms with van der Waals surface area (Å²) in [5, 5.41) is 3.60. The van der Waals surface area contributed by atoms with Crippen molar-refractivity contribution in [1.29, 1.82) is 0 Å². The molecule has 7 heteroatoms. The zero-order valence-electron chi connectivity index (χ0n) is 16.4. The second-order valence-electron chi connectivity index (χ2n) is 9.31. The molecule has 0 spiro atoms. The number of hydrogen-bond acceptors (Lipinski definition) is 3. The first kappa shape index (κ1) is 20.2. The number of amides is 1. The molecular formula is C21H29ClN2O3S. The number of carbonyl (C=O) groups excluding carboxylic acids is 1. The van der Waals surface area contributed by atoms with Gasteiger partial charge < -0.3 is 5.32 Å². The van der Waals surface area contributed by atoms with Crippen molar-refractivity contribution in [3.8, 4) is 0 Å². The molecule has 4 aliphatic rings. The van der Waals surface area contributed by atoms with Crippen LogP contribution in [0.25, 0.3) is 0 Å². The van der Waals surface area contributed by atoms with E-state index in [1.807, 2.05) is 0 Å². The van der Waals surface area contributed by atoms with E-state index in [2.05, 4.69) is 17.0 Å². The van der Waals surface area contributed by atoms with Crippen molar-refractivity contribution in [2.75, 3.05) is 0 Å². The molecule has 0 heterocycles. The Bertz CT molecular complexity index is 818. The van der Waals surface area contributed by atoms with Crippen LogP contribution in [0.15, 0.2) is 29.2 Å². The SMILES string of the molecule is C[C@H](NS(=O)(=O)c1ccc(Cl)cc1)C(=O)N[C@H](C)C12CC3CC(CC(C3)C1)C2. The third kappa shape index (κ3) is 3.83. The summed E-state index contributed by atoms with van der Waals surface area (Å²) >= 11 is 5.82. The third-order valence-corrected chi connectivity index (χ3v) is 9.02. The first-order chi connectivity index (χ1) is 13.2. The predicted molar refractivity (Wildman–Crippen MR) is 109 cm³/mol. The standard InChI is InChI=1S/C21H29ClN2O3S/c1-13(24-28(26,27)19-5-3-18(22)4-6-19)20(25)23-14(2)21-10-15-7-16(11-21)9-17(8-15)12-21/h3-6,13-17,24H,7-12H2,1-2H3,(H,23,25)/t13-,14+,15?,16?,17?,21?/m0/s1. The number of carbonyl (C=O) groups is 1. The average molecular weight is 425 g/mol. The minimum absolute atomic E-state index is 0.0656. The molecule has 4 bridgehead atoms. The Hall–Kier alpha value is -1.11. The summed E-state index contributed by atoms with van der Waals surface area (Å²) in [6.07, 6.45) is 7.67. The zero-order chi connectivity index (χ0) is 20.1. The monoisotopic (exact) mass is 424 g/mol. The van der Waals surface area contributed by atoms with Gasteiger partial charge in [-0.3, -0.25) is 4.79 Å². The smallest absolute Gasteiger partial charge is 0.241 e. The minimum atomic E-state index is -3.77. The lowest BCUT2D eigenvalue weighted by atomic mass is 9.48. The third-order valence-electron chi connectivity index (χ3n) is 7.21. The maximum atomic E-state index is 12.8. The molecule has 5 nitrogen and oxygen atoms in total. The van der Waals surface area contributed by atoms with E-state index in [4.69, 9.17) is 11.6 Å². The van der Waals surface area contributed by atoms with Crippen LogP contribution in [0.3, 0.4) is 0 Å². The van der Waals surface area contributed by atoms with Crippen molar-refractivity contribution in [2.24, 2.45) is 23.2 Å². The largest absolute Gasteiger partial charge is 0.352 e. The van der Waals surface area contributed by atoms with Gasteiger partial charge in [-0.2, -0.15) is 4.72 Å². The van der Waals surface area contributed by atoms with Crippen molar-refractivity contribution < 1.29 is 13.2 Å². The molecule has 154 valence electrons. The van der Waals surface area contributed by atoms with Gasteiger partial charge in [0, 0.05) is 11.1 Å². The second kappa shape index (κ2) is 7.29. The number of benzene rings is 1. The Kier molecular flexibility index (Phi) is 5.26. The normalized spacial score (nSPS) is 33.5. The van der Waals surface area contributed by atoms with Gasteiger partial charge in [-0.05, 0) is 99.8 Å². The van der Waals surface area contributed by atoms with Crippen LogP contribution in [-0.2, 0) is 14.8 Å². The lowest BCUT2D eigenvalue weighted by Crippen LogP contribution is -2.58. The van der Waals surface area contributed by atoms with Gasteiger partial charge in [0.05, 0.1) is 10.9 Å². The molecule has 4 fully saturated rings. The fourth-order valence-corrected chi connectivity index (χ4v) is 7.50. The maximum Gasteiger partial charge on any atom is 0.241 e. The van der Waals surface area contributed by atoms with Crippen LogP contribution >= 0.6 is 11.6 Å². The van der Waals surface area contributed by atoms with Gasteiger partial charge >= 0.3 is 0 Å². The summed E-state index contributed by atoms with van der Waals surface area (Å²) in [4.78, 5) is 12.9. The summed E-state index contributed by atoms with van der Waals surface area (Å²) in [7, 11) is -3.77. The summed E-state index contributed by atoms with van der Waals surface area (Å²) in [5.74, 6) is 2.17. The van der Waals surface area contributed by atoms with E-state index in [0.29, 0.717) is 5.02 Å². The van der Waals surface area contributed by atoms with Crippen LogP contribution in [0.4, 0.5) is 0 Å². The summed E-state index contributed by atoms with van der Waals surface area (Å²) < 4.78 is 27.6. The highest BCUT2D eigenvalue weighted by Gasteiger charge is 2.53. The van der Waals surface area contributed by atoms with E-state index in [0.717, 1.165) is 17.8 Å². The number of halogens is 1. The molecule has 4 aliphatic carbocycles. The van der Waals surface area contributed by atoms with Gasteiger partial charge in [-0.1, -0.05) is 11.6 Å². The van der Waals surface area contributed by atoms with Gasteiger partial charge in [-0.25, -0.2) is 8.42 Å². The van der Waals surface area contributed by atoms with Crippen molar-refractivity contribution >= 4 is 27.5 Å². The zero-order valence-corrected chi connectivity index (χ0v) is 18.0. The number of nitrogens with one attached hydrogen (secondary N) is 2. The lowest BCUT2D eigenvalue weighted by Gasteiger charge is -2.59. The van der Waals surface area contributed by atoms with E-state index >= 15 is 0 Å². The average Bonchev–Trinajstić information content (AvgIpc) is 2.60. The van der Waals surface area contributed by atoms with Gasteiger partial charge in [0.1, 0.15) is 0 Å². The first-order valence-corrected chi connectivity index (χ1v) is 12.1. The van der Waals surface area contributed by atoms with Gasteiger partial charge in [0.25, 0.3) is 0 Å². The molecule has 0 unspecified atom stereocenters. The molecular weight excluding hydrogens is 396 g/mol. The van der Waals surface area contributed by atoms with Crippen molar-refractivity contribution in [3.63, 3.8) is 0 Å². The minimum Gasteiger partial charge on any atom is -0.352 e.